The molecular formula is C23H28Cl2N2O2S. The molecule has 3 rings (SSSR count). The molecular weight excluding hydrogens is 439 g/mol. The van der Waals surface area contributed by atoms with Crippen LogP contribution in [0.15, 0.2) is 29.6 Å². The summed E-state index contributed by atoms with van der Waals surface area (Å²) >= 11 is 14.4. The van der Waals surface area contributed by atoms with Crippen molar-refractivity contribution in [3.8, 4) is 0 Å². The predicted molar refractivity (Wildman–Crippen MR) is 124 cm³/mol. The molecule has 2 aromatic rings. The molecule has 0 radical (unpaired) electrons. The van der Waals surface area contributed by atoms with Gasteiger partial charge in [0.2, 0.25) is 11.8 Å². The molecule has 7 heteroatoms. The summed E-state index contributed by atoms with van der Waals surface area (Å²) in [5.74, 6) is 0.0820. The second kappa shape index (κ2) is 9.71. The van der Waals surface area contributed by atoms with E-state index in [2.05, 4.69) is 25.3 Å². The van der Waals surface area contributed by atoms with E-state index in [4.69, 9.17) is 23.2 Å². The Kier molecular flexibility index (Phi) is 7.48. The Balaban J connectivity index is 1.94. The molecule has 1 aliphatic rings. The number of carbonyl (C=O) groups is 2. The third-order valence-electron chi connectivity index (χ3n) is 5.26. The molecule has 0 bridgehead atoms. The van der Waals surface area contributed by atoms with Gasteiger partial charge in [-0.15, -0.1) is 11.3 Å². The maximum absolute atomic E-state index is 13.5. The number of hydrogen-bond donors (Lipinski definition) is 0. The Labute approximate surface area is 192 Å². The molecule has 0 saturated carbocycles. The number of halogens is 2. The lowest BCUT2D eigenvalue weighted by atomic mass is 9.93. The number of carbonyl (C=O) groups excluding carboxylic acids is 2. The van der Waals surface area contributed by atoms with E-state index in [1.54, 1.807) is 28.4 Å². The Morgan fingerprint density at radius 3 is 2.53 bits per heavy atom. The van der Waals surface area contributed by atoms with Crippen molar-refractivity contribution >= 4 is 46.4 Å². The molecule has 2 heterocycles. The minimum Gasteiger partial charge on any atom is -0.333 e. The number of fused-ring (bicyclic) bond motifs is 1. The first-order chi connectivity index (χ1) is 14.2. The average Bonchev–Trinajstić information content (AvgIpc) is 3.14. The molecule has 2 amide bonds. The van der Waals surface area contributed by atoms with E-state index in [1.807, 2.05) is 24.8 Å². The zero-order valence-electron chi connectivity index (χ0n) is 17.8. The van der Waals surface area contributed by atoms with E-state index in [0.717, 1.165) is 17.5 Å². The number of amides is 2. The van der Waals surface area contributed by atoms with Gasteiger partial charge >= 0.3 is 0 Å². The van der Waals surface area contributed by atoms with Crippen molar-refractivity contribution in [2.24, 2.45) is 11.8 Å². The number of rotatable bonds is 6. The highest BCUT2D eigenvalue weighted by Crippen LogP contribution is 2.41. The summed E-state index contributed by atoms with van der Waals surface area (Å²) < 4.78 is 0. The van der Waals surface area contributed by atoms with Gasteiger partial charge in [-0.25, -0.2) is 0 Å². The van der Waals surface area contributed by atoms with E-state index < -0.39 is 0 Å². The molecule has 0 N–H and O–H groups in total. The van der Waals surface area contributed by atoms with Gasteiger partial charge in [-0.2, -0.15) is 0 Å². The third kappa shape index (κ3) is 5.01. The lowest BCUT2D eigenvalue weighted by Gasteiger charge is -2.38. The zero-order valence-corrected chi connectivity index (χ0v) is 20.2. The van der Waals surface area contributed by atoms with Crippen LogP contribution >= 0.6 is 34.5 Å². The van der Waals surface area contributed by atoms with Gasteiger partial charge in [0.1, 0.15) is 0 Å². The topological polar surface area (TPSA) is 40.6 Å². The average molecular weight is 467 g/mol. The Hall–Kier alpha value is -1.56. The van der Waals surface area contributed by atoms with Crippen molar-refractivity contribution in [3.05, 3.63) is 55.7 Å². The van der Waals surface area contributed by atoms with Gasteiger partial charge in [-0.3, -0.25) is 9.59 Å². The van der Waals surface area contributed by atoms with E-state index in [9.17, 15) is 9.59 Å². The van der Waals surface area contributed by atoms with Gasteiger partial charge in [-0.05, 0) is 47.0 Å². The van der Waals surface area contributed by atoms with Crippen LogP contribution in [-0.4, -0.2) is 41.2 Å². The number of nitrogens with zero attached hydrogens (tertiary/aromatic N) is 2. The molecule has 0 spiro atoms. The van der Waals surface area contributed by atoms with Gasteiger partial charge in [0.15, 0.2) is 0 Å². The van der Waals surface area contributed by atoms with Gasteiger partial charge in [0.25, 0.3) is 0 Å². The van der Waals surface area contributed by atoms with E-state index in [1.165, 1.54) is 4.88 Å². The van der Waals surface area contributed by atoms with E-state index in [0.29, 0.717) is 23.1 Å². The van der Waals surface area contributed by atoms with Crippen molar-refractivity contribution in [2.75, 3.05) is 19.6 Å². The Morgan fingerprint density at radius 2 is 1.90 bits per heavy atom. The lowest BCUT2D eigenvalue weighted by molar-refractivity contribution is -0.143. The highest BCUT2D eigenvalue weighted by atomic mass is 35.5. The fraction of sp³-hybridized carbons (Fsp3) is 0.478. The predicted octanol–water partition coefficient (Wildman–Crippen LogP) is 5.67. The van der Waals surface area contributed by atoms with Crippen LogP contribution in [0.4, 0.5) is 0 Å². The Morgan fingerprint density at radius 1 is 1.17 bits per heavy atom. The summed E-state index contributed by atoms with van der Waals surface area (Å²) in [5, 5.41) is 3.17. The standard InChI is InChI=1S/C23H28Cl2N2O2S/c1-14(2)12-26(23(29)15(3)4)13-21(28)27-9-7-20-18(8-10-30-20)22(27)17-6-5-16(24)11-19(17)25/h5-6,8,10-11,14-15,22H,7,9,12-13H2,1-4H3. The molecule has 0 fully saturated rings. The van der Waals surface area contributed by atoms with Crippen LogP contribution in [0.2, 0.25) is 10.0 Å². The SMILES string of the molecule is CC(C)CN(CC(=O)N1CCc2sccc2C1c1ccc(Cl)cc1Cl)C(=O)C(C)C. The van der Waals surface area contributed by atoms with E-state index in [-0.39, 0.29) is 36.2 Å². The van der Waals surface area contributed by atoms with Crippen molar-refractivity contribution < 1.29 is 9.59 Å². The monoisotopic (exact) mass is 466 g/mol. The summed E-state index contributed by atoms with van der Waals surface area (Å²) in [6.07, 6.45) is 0.808. The molecule has 0 saturated heterocycles. The summed E-state index contributed by atoms with van der Waals surface area (Å²) in [6.45, 7) is 9.09. The fourth-order valence-corrected chi connectivity index (χ4v) is 5.35. The second-order valence-electron chi connectivity index (χ2n) is 8.47. The first-order valence-electron chi connectivity index (χ1n) is 10.3. The number of hydrogen-bond acceptors (Lipinski definition) is 3. The Bertz CT molecular complexity index is 926. The molecule has 1 unspecified atom stereocenters. The van der Waals surface area contributed by atoms with Crippen LogP contribution in [0.25, 0.3) is 0 Å². The quantitative estimate of drug-likeness (QED) is 0.549. The van der Waals surface area contributed by atoms with Crippen molar-refractivity contribution in [1.29, 1.82) is 0 Å². The van der Waals surface area contributed by atoms with Gasteiger partial charge in [-0.1, -0.05) is 57.0 Å². The number of thiophene rings is 1. The second-order valence-corrected chi connectivity index (χ2v) is 10.3. The van der Waals surface area contributed by atoms with Crippen LogP contribution in [0, 0.1) is 11.8 Å². The van der Waals surface area contributed by atoms with Crippen molar-refractivity contribution in [3.63, 3.8) is 0 Å². The van der Waals surface area contributed by atoms with Crippen LogP contribution in [0.3, 0.4) is 0 Å². The normalized spacial score (nSPS) is 16.1. The summed E-state index contributed by atoms with van der Waals surface area (Å²) in [6, 6.07) is 7.22. The zero-order chi connectivity index (χ0) is 22.0. The molecule has 30 heavy (non-hydrogen) atoms. The van der Waals surface area contributed by atoms with Crippen molar-refractivity contribution in [2.45, 2.75) is 40.2 Å². The number of benzene rings is 1. The van der Waals surface area contributed by atoms with Gasteiger partial charge in [0.05, 0.1) is 12.6 Å². The molecule has 1 aromatic heterocycles. The molecule has 162 valence electrons. The van der Waals surface area contributed by atoms with Gasteiger partial charge < -0.3 is 9.80 Å². The van der Waals surface area contributed by atoms with E-state index >= 15 is 0 Å². The maximum atomic E-state index is 13.5. The van der Waals surface area contributed by atoms with Crippen LogP contribution < -0.4 is 0 Å². The maximum Gasteiger partial charge on any atom is 0.242 e. The lowest BCUT2D eigenvalue weighted by Crippen LogP contribution is -2.48. The molecule has 4 nitrogen and oxygen atoms in total. The van der Waals surface area contributed by atoms with Crippen LogP contribution in [0.5, 0.6) is 0 Å². The van der Waals surface area contributed by atoms with Gasteiger partial charge in [0, 0.05) is 33.9 Å². The first kappa shape index (κ1) is 23.1. The molecule has 1 aliphatic heterocycles. The summed E-state index contributed by atoms with van der Waals surface area (Å²) in [4.78, 5) is 31.0. The largest absolute Gasteiger partial charge is 0.333 e. The summed E-state index contributed by atoms with van der Waals surface area (Å²) in [5.41, 5.74) is 1.97. The smallest absolute Gasteiger partial charge is 0.242 e. The summed E-state index contributed by atoms with van der Waals surface area (Å²) in [7, 11) is 0. The fourth-order valence-electron chi connectivity index (χ4n) is 3.94. The highest BCUT2D eigenvalue weighted by molar-refractivity contribution is 7.10. The van der Waals surface area contributed by atoms with Crippen molar-refractivity contribution in [1.82, 2.24) is 9.80 Å². The highest BCUT2D eigenvalue weighted by Gasteiger charge is 2.35. The minimum absolute atomic E-state index is 0.00589. The van der Waals surface area contributed by atoms with Crippen LogP contribution in [-0.2, 0) is 16.0 Å². The molecule has 1 aromatic carbocycles. The minimum atomic E-state index is -0.271. The third-order valence-corrected chi connectivity index (χ3v) is 6.82. The molecule has 1 atom stereocenters. The van der Waals surface area contributed by atoms with Crippen LogP contribution in [0.1, 0.15) is 49.7 Å². The molecule has 0 aliphatic carbocycles. The first-order valence-corrected chi connectivity index (χ1v) is 11.9.